The minimum absolute atomic E-state index is 1.01. The molecule has 0 spiro atoms. The van der Waals surface area contributed by atoms with Crippen molar-refractivity contribution in [3.63, 3.8) is 0 Å². The molecule has 0 fully saturated rings. The number of ether oxygens (including phenoxy) is 1. The van der Waals surface area contributed by atoms with Gasteiger partial charge >= 0.3 is 0 Å². The van der Waals surface area contributed by atoms with Gasteiger partial charge in [-0.05, 0) is 31.9 Å². The summed E-state index contributed by atoms with van der Waals surface area (Å²) in [4.78, 5) is 0. The molecular formula is C10H14O. The summed E-state index contributed by atoms with van der Waals surface area (Å²) in [5.74, 6) is 1.01. The van der Waals surface area contributed by atoms with E-state index in [0.717, 1.165) is 5.75 Å². The summed E-state index contributed by atoms with van der Waals surface area (Å²) in [6, 6.07) is 4.26. The summed E-state index contributed by atoms with van der Waals surface area (Å²) in [5.41, 5.74) is 3.72. The Morgan fingerprint density at radius 1 is 1.00 bits per heavy atom. The van der Waals surface area contributed by atoms with Crippen LogP contribution in [-0.4, -0.2) is 7.11 Å². The van der Waals surface area contributed by atoms with Gasteiger partial charge in [-0.25, -0.2) is 0 Å². The lowest BCUT2D eigenvalue weighted by molar-refractivity contribution is 0.408. The molecule has 1 aromatic rings. The zero-order valence-electron chi connectivity index (χ0n) is 7.56. The van der Waals surface area contributed by atoms with Crippen LogP contribution in [0.1, 0.15) is 16.7 Å². The molecule has 0 aliphatic rings. The van der Waals surface area contributed by atoms with Crippen molar-refractivity contribution in [2.45, 2.75) is 20.8 Å². The summed E-state index contributed by atoms with van der Waals surface area (Å²) in [6.07, 6.45) is 0. The lowest BCUT2D eigenvalue weighted by atomic mass is 10.1. The second-order valence-corrected chi connectivity index (χ2v) is 2.93. The highest BCUT2D eigenvalue weighted by Gasteiger charge is 2.01. The number of methoxy groups -OCH3 is 1. The number of hydrogen-bond acceptors (Lipinski definition) is 1. The lowest BCUT2D eigenvalue weighted by Gasteiger charge is -2.08. The van der Waals surface area contributed by atoms with Gasteiger partial charge in [-0.3, -0.25) is 0 Å². The quantitative estimate of drug-likeness (QED) is 0.560. The van der Waals surface area contributed by atoms with Crippen molar-refractivity contribution >= 4 is 0 Å². The molecule has 0 unspecified atom stereocenters. The summed E-state index contributed by atoms with van der Waals surface area (Å²) in [7, 11) is 1.71. The predicted molar refractivity (Wildman–Crippen MR) is 47.2 cm³/mol. The SMILES string of the molecule is Cc1cc(C)c(O[13CH3])c(C)c1. The fourth-order valence-electron chi connectivity index (χ4n) is 1.49. The molecule has 0 aliphatic heterocycles. The first-order valence-corrected chi connectivity index (χ1v) is 3.77. The average Bonchev–Trinajstić information content (AvgIpc) is 1.85. The van der Waals surface area contributed by atoms with Gasteiger partial charge in [0.25, 0.3) is 0 Å². The zero-order chi connectivity index (χ0) is 8.43. The molecule has 1 rings (SSSR count). The normalized spacial score (nSPS) is 9.82. The molecule has 1 heteroatoms. The lowest BCUT2D eigenvalue weighted by Crippen LogP contribution is -1.91. The Hall–Kier alpha value is -0.980. The molecular weight excluding hydrogens is 137 g/mol. The highest BCUT2D eigenvalue weighted by molar-refractivity contribution is 5.42. The first-order valence-electron chi connectivity index (χ1n) is 3.77. The van der Waals surface area contributed by atoms with Crippen molar-refractivity contribution in [2.24, 2.45) is 0 Å². The maximum absolute atomic E-state index is 5.23. The fourth-order valence-corrected chi connectivity index (χ4v) is 1.49. The molecule has 0 heterocycles. The van der Waals surface area contributed by atoms with E-state index in [1.807, 2.05) is 0 Å². The van der Waals surface area contributed by atoms with Gasteiger partial charge in [0.15, 0.2) is 0 Å². The van der Waals surface area contributed by atoms with Crippen molar-refractivity contribution in [1.82, 2.24) is 0 Å². The Morgan fingerprint density at radius 3 is 1.82 bits per heavy atom. The summed E-state index contributed by atoms with van der Waals surface area (Å²) < 4.78 is 5.23. The van der Waals surface area contributed by atoms with E-state index < -0.39 is 0 Å². The van der Waals surface area contributed by atoms with Crippen LogP contribution in [0.2, 0.25) is 0 Å². The van der Waals surface area contributed by atoms with Gasteiger partial charge in [-0.15, -0.1) is 0 Å². The van der Waals surface area contributed by atoms with E-state index in [1.54, 1.807) is 7.11 Å². The summed E-state index contributed by atoms with van der Waals surface area (Å²) in [6.45, 7) is 6.23. The maximum Gasteiger partial charge on any atom is 0.124 e. The monoisotopic (exact) mass is 151 g/mol. The van der Waals surface area contributed by atoms with E-state index in [2.05, 4.69) is 32.9 Å². The Balaban J connectivity index is 3.25. The van der Waals surface area contributed by atoms with Crippen LogP contribution in [0.3, 0.4) is 0 Å². The highest BCUT2D eigenvalue weighted by Crippen LogP contribution is 2.23. The topological polar surface area (TPSA) is 9.23 Å². The van der Waals surface area contributed by atoms with Gasteiger partial charge in [0.05, 0.1) is 7.11 Å². The molecule has 1 aromatic carbocycles. The van der Waals surface area contributed by atoms with Crippen molar-refractivity contribution < 1.29 is 4.74 Å². The van der Waals surface area contributed by atoms with Crippen LogP contribution in [0, 0.1) is 20.8 Å². The minimum Gasteiger partial charge on any atom is -0.496 e. The van der Waals surface area contributed by atoms with E-state index in [0.29, 0.717) is 0 Å². The van der Waals surface area contributed by atoms with E-state index in [9.17, 15) is 0 Å². The third-order valence-corrected chi connectivity index (χ3v) is 1.81. The molecule has 0 amide bonds. The molecule has 0 aromatic heterocycles. The highest BCUT2D eigenvalue weighted by atomic mass is 16.5. The first kappa shape index (κ1) is 8.12. The zero-order valence-corrected chi connectivity index (χ0v) is 7.56. The number of hydrogen-bond donors (Lipinski definition) is 0. The van der Waals surface area contributed by atoms with Crippen LogP contribution in [0.4, 0.5) is 0 Å². The van der Waals surface area contributed by atoms with Gasteiger partial charge in [-0.1, -0.05) is 17.7 Å². The summed E-state index contributed by atoms with van der Waals surface area (Å²) in [5, 5.41) is 0. The van der Waals surface area contributed by atoms with Crippen LogP contribution < -0.4 is 4.74 Å². The Labute approximate surface area is 68.0 Å². The molecule has 0 saturated heterocycles. The molecule has 0 aliphatic carbocycles. The van der Waals surface area contributed by atoms with Crippen LogP contribution in [-0.2, 0) is 0 Å². The maximum atomic E-state index is 5.23. The first-order chi connectivity index (χ1) is 5.15. The van der Waals surface area contributed by atoms with Crippen molar-refractivity contribution in [2.75, 3.05) is 7.11 Å². The van der Waals surface area contributed by atoms with Gasteiger partial charge in [0, 0.05) is 0 Å². The molecule has 1 nitrogen and oxygen atoms in total. The van der Waals surface area contributed by atoms with Crippen molar-refractivity contribution in [1.29, 1.82) is 0 Å². The minimum atomic E-state index is 1.01. The molecule has 60 valence electrons. The van der Waals surface area contributed by atoms with Crippen molar-refractivity contribution in [3.8, 4) is 5.75 Å². The van der Waals surface area contributed by atoms with Crippen LogP contribution in [0.5, 0.6) is 5.75 Å². The fraction of sp³-hybridized carbons (Fsp3) is 0.400. The number of aryl methyl sites for hydroxylation is 3. The molecule has 0 saturated carbocycles. The second kappa shape index (κ2) is 2.95. The second-order valence-electron chi connectivity index (χ2n) is 2.93. The molecule has 11 heavy (non-hydrogen) atoms. The third kappa shape index (κ3) is 1.53. The van der Waals surface area contributed by atoms with Crippen LogP contribution in [0.25, 0.3) is 0 Å². The molecule has 0 bridgehead atoms. The van der Waals surface area contributed by atoms with E-state index in [4.69, 9.17) is 4.74 Å². The van der Waals surface area contributed by atoms with E-state index >= 15 is 0 Å². The standard InChI is InChI=1S/C10H14O/c1-7-5-8(2)10(11-4)9(3)6-7/h5-6H,1-4H3/i4+1. The van der Waals surface area contributed by atoms with Gasteiger partial charge in [0.2, 0.25) is 0 Å². The molecule has 0 radical (unpaired) electrons. The summed E-state index contributed by atoms with van der Waals surface area (Å²) >= 11 is 0. The number of benzene rings is 1. The van der Waals surface area contributed by atoms with Crippen LogP contribution >= 0.6 is 0 Å². The average molecular weight is 151 g/mol. The Kier molecular flexibility index (Phi) is 2.18. The smallest absolute Gasteiger partial charge is 0.124 e. The molecule has 0 atom stereocenters. The Bertz CT molecular complexity index is 241. The number of rotatable bonds is 1. The predicted octanol–water partition coefficient (Wildman–Crippen LogP) is 2.62. The van der Waals surface area contributed by atoms with Gasteiger partial charge in [-0.2, -0.15) is 0 Å². The third-order valence-electron chi connectivity index (χ3n) is 1.81. The Morgan fingerprint density at radius 2 is 1.45 bits per heavy atom. The van der Waals surface area contributed by atoms with Crippen LogP contribution in [0.15, 0.2) is 12.1 Å². The van der Waals surface area contributed by atoms with E-state index in [1.165, 1.54) is 16.7 Å². The van der Waals surface area contributed by atoms with Crippen molar-refractivity contribution in [3.05, 3.63) is 28.8 Å². The largest absolute Gasteiger partial charge is 0.496 e. The van der Waals surface area contributed by atoms with Gasteiger partial charge in [0.1, 0.15) is 5.75 Å². The van der Waals surface area contributed by atoms with Gasteiger partial charge < -0.3 is 4.74 Å². The molecule has 0 N–H and O–H groups in total. The van der Waals surface area contributed by atoms with E-state index in [-0.39, 0.29) is 0 Å².